The lowest BCUT2D eigenvalue weighted by atomic mass is 9.74. The zero-order valence-corrected chi connectivity index (χ0v) is 19.3. The topological polar surface area (TPSA) is 29.5 Å². The van der Waals surface area contributed by atoms with Crippen molar-refractivity contribution >= 4 is 55.7 Å². The molecule has 0 aliphatic carbocycles. The van der Waals surface area contributed by atoms with E-state index in [0.29, 0.717) is 0 Å². The fourth-order valence-electron chi connectivity index (χ4n) is 4.96. The van der Waals surface area contributed by atoms with Gasteiger partial charge < -0.3 is 9.68 Å². The number of fused-ring (bicyclic) bond motifs is 1. The summed E-state index contributed by atoms with van der Waals surface area (Å²) in [6.45, 7) is 0. The fourth-order valence-corrected chi connectivity index (χ4v) is 4.96. The Morgan fingerprint density at radius 2 is 0.902 bits per heavy atom. The molecule has 0 radical (unpaired) electrons. The summed E-state index contributed by atoms with van der Waals surface area (Å²) in [5.41, 5.74) is -1.35. The Labute approximate surface area is 218 Å². The molecule has 0 spiro atoms. The molecular formula is C26H5BF12O2. The molecule has 0 aliphatic rings. The number of halogens is 12. The molecule has 15 heteroatoms. The Morgan fingerprint density at radius 1 is 0.439 bits per heavy atom. The molecular weight excluding hydrogens is 583 g/mol. The van der Waals surface area contributed by atoms with Crippen molar-refractivity contribution in [2.45, 2.75) is 0 Å². The van der Waals surface area contributed by atoms with Gasteiger partial charge in [0.2, 0.25) is 5.82 Å². The van der Waals surface area contributed by atoms with E-state index in [1.807, 2.05) is 0 Å². The van der Waals surface area contributed by atoms with Crippen LogP contribution in [0.4, 0.5) is 52.7 Å². The molecule has 0 heterocycles. The van der Waals surface area contributed by atoms with E-state index in [0.717, 1.165) is 24.3 Å². The van der Waals surface area contributed by atoms with Crippen LogP contribution in [0.2, 0.25) is 0 Å². The molecule has 0 fully saturated rings. The maximum atomic E-state index is 15.3. The van der Waals surface area contributed by atoms with Crippen molar-refractivity contribution in [3.05, 3.63) is 94.1 Å². The highest BCUT2D eigenvalue weighted by molar-refractivity contribution is 6.64. The lowest BCUT2D eigenvalue weighted by molar-refractivity contribution is 0.381. The minimum absolute atomic E-state index is 0.0159. The monoisotopic (exact) mass is 588 g/mol. The SMILES string of the molecule is OB(Oc1c(F)c(F)c(F)c2c(F)c(F)c(F)c(F)c12)c1c(F)c(F)c2c(F)c(F)c3c(F)ccc4ccc1c2c43. The first kappa shape index (κ1) is 26.8. The van der Waals surface area contributed by atoms with Crippen molar-refractivity contribution in [2.75, 3.05) is 0 Å². The lowest BCUT2D eigenvalue weighted by Gasteiger charge is -2.20. The second kappa shape index (κ2) is 8.80. The summed E-state index contributed by atoms with van der Waals surface area (Å²) < 4.78 is 179. The van der Waals surface area contributed by atoms with Gasteiger partial charge in [-0.15, -0.1) is 0 Å². The van der Waals surface area contributed by atoms with Crippen LogP contribution in [0.5, 0.6) is 5.75 Å². The largest absolute Gasteiger partial charge is 0.563 e. The Balaban J connectivity index is 1.69. The van der Waals surface area contributed by atoms with Crippen LogP contribution in [0, 0.1) is 69.8 Å². The Bertz CT molecular complexity index is 2120. The molecule has 208 valence electrons. The smallest absolute Gasteiger partial charge is 0.530 e. The first-order chi connectivity index (χ1) is 19.3. The molecule has 0 aliphatic heterocycles. The van der Waals surface area contributed by atoms with Crippen LogP contribution in [0.3, 0.4) is 0 Å². The fraction of sp³-hybridized carbons (Fsp3) is 0. The molecule has 6 aromatic carbocycles. The highest BCUT2D eigenvalue weighted by Gasteiger charge is 2.37. The summed E-state index contributed by atoms with van der Waals surface area (Å²) >= 11 is 0. The van der Waals surface area contributed by atoms with Gasteiger partial charge in [-0.25, -0.2) is 48.3 Å². The van der Waals surface area contributed by atoms with Crippen LogP contribution in [-0.4, -0.2) is 12.1 Å². The van der Waals surface area contributed by atoms with Gasteiger partial charge in [-0.1, -0.05) is 18.2 Å². The minimum atomic E-state index is -3.06. The van der Waals surface area contributed by atoms with Crippen molar-refractivity contribution in [2.24, 2.45) is 0 Å². The molecule has 0 atom stereocenters. The third-order valence-corrected chi connectivity index (χ3v) is 6.73. The normalized spacial score (nSPS) is 12.0. The molecule has 1 N–H and O–H groups in total. The van der Waals surface area contributed by atoms with Gasteiger partial charge in [-0.2, -0.15) is 4.39 Å². The quantitative estimate of drug-likeness (QED) is 0.0782. The first-order valence-corrected chi connectivity index (χ1v) is 11.1. The predicted octanol–water partition coefficient (Wildman–Crippen LogP) is 7.17. The average molecular weight is 588 g/mol. The Hall–Kier alpha value is -4.40. The van der Waals surface area contributed by atoms with Crippen molar-refractivity contribution in [1.82, 2.24) is 0 Å². The van der Waals surface area contributed by atoms with Crippen LogP contribution >= 0.6 is 0 Å². The van der Waals surface area contributed by atoms with Crippen LogP contribution in [0.25, 0.3) is 43.1 Å². The number of rotatable bonds is 3. The van der Waals surface area contributed by atoms with E-state index >= 15 is 8.78 Å². The van der Waals surface area contributed by atoms with Crippen molar-refractivity contribution < 1.29 is 62.4 Å². The Kier molecular flexibility index (Phi) is 5.75. The van der Waals surface area contributed by atoms with Gasteiger partial charge in [0.25, 0.3) is 0 Å². The summed E-state index contributed by atoms with van der Waals surface area (Å²) in [5.74, 6) is -29.5. The van der Waals surface area contributed by atoms with Gasteiger partial charge in [0.05, 0.1) is 21.5 Å². The highest BCUT2D eigenvalue weighted by atomic mass is 19.2. The van der Waals surface area contributed by atoms with E-state index in [4.69, 9.17) is 0 Å². The number of hydrogen-bond donors (Lipinski definition) is 1. The number of hydrogen-bond acceptors (Lipinski definition) is 2. The van der Waals surface area contributed by atoms with E-state index < -0.39 is 126 Å². The van der Waals surface area contributed by atoms with E-state index in [-0.39, 0.29) is 5.39 Å². The third-order valence-electron chi connectivity index (χ3n) is 6.73. The van der Waals surface area contributed by atoms with Crippen LogP contribution in [0.15, 0.2) is 24.3 Å². The van der Waals surface area contributed by atoms with Crippen LogP contribution < -0.4 is 10.1 Å². The summed E-state index contributed by atoms with van der Waals surface area (Å²) in [6.07, 6.45) is 0. The second-order valence-electron chi connectivity index (χ2n) is 8.80. The van der Waals surface area contributed by atoms with E-state index in [9.17, 15) is 48.9 Å². The first-order valence-electron chi connectivity index (χ1n) is 11.1. The molecule has 0 amide bonds. The molecule has 0 saturated carbocycles. The van der Waals surface area contributed by atoms with Gasteiger partial charge in [0, 0.05) is 16.2 Å². The van der Waals surface area contributed by atoms with Gasteiger partial charge in [0.15, 0.2) is 63.9 Å². The summed E-state index contributed by atoms with van der Waals surface area (Å²) in [6, 6.07) is 3.82. The molecule has 6 rings (SSSR count). The van der Waals surface area contributed by atoms with Crippen molar-refractivity contribution in [1.29, 1.82) is 0 Å². The standard InChI is InChI=1S/C26H5BF12O2/c28-7-4-2-5-1-3-6-9-8(5)10(7)15(29)16(30)11(9)17(31)21(35)14(6)27(40)41-26-13-12(19(33)24(38)25(26)39)18(32)22(36)23(37)20(13)34/h1-4,40H. The molecule has 0 bridgehead atoms. The molecule has 0 saturated heterocycles. The summed E-state index contributed by atoms with van der Waals surface area (Å²) in [7, 11) is -3.06. The van der Waals surface area contributed by atoms with Crippen molar-refractivity contribution in [3.63, 3.8) is 0 Å². The van der Waals surface area contributed by atoms with E-state index in [1.165, 1.54) is 0 Å². The summed E-state index contributed by atoms with van der Waals surface area (Å²) in [5, 5.41) is 2.57. The van der Waals surface area contributed by atoms with Crippen LogP contribution in [0.1, 0.15) is 0 Å². The minimum Gasteiger partial charge on any atom is -0.530 e. The second-order valence-corrected chi connectivity index (χ2v) is 8.80. The van der Waals surface area contributed by atoms with Gasteiger partial charge in [-0.3, -0.25) is 0 Å². The summed E-state index contributed by atoms with van der Waals surface area (Å²) in [4.78, 5) is 0. The van der Waals surface area contributed by atoms with E-state index in [2.05, 4.69) is 4.65 Å². The number of benzene rings is 6. The highest BCUT2D eigenvalue weighted by Crippen LogP contribution is 2.42. The molecule has 0 aromatic heterocycles. The van der Waals surface area contributed by atoms with Gasteiger partial charge in [0.1, 0.15) is 5.82 Å². The molecule has 6 aromatic rings. The van der Waals surface area contributed by atoms with E-state index in [1.54, 1.807) is 0 Å². The lowest BCUT2D eigenvalue weighted by Crippen LogP contribution is -2.40. The van der Waals surface area contributed by atoms with Gasteiger partial charge >= 0.3 is 7.12 Å². The van der Waals surface area contributed by atoms with Crippen LogP contribution in [-0.2, 0) is 0 Å². The maximum Gasteiger partial charge on any atom is 0.563 e. The molecule has 41 heavy (non-hydrogen) atoms. The van der Waals surface area contributed by atoms with Crippen molar-refractivity contribution in [3.8, 4) is 5.75 Å². The molecule has 0 unspecified atom stereocenters. The van der Waals surface area contributed by atoms with Gasteiger partial charge in [-0.05, 0) is 16.8 Å². The predicted molar refractivity (Wildman–Crippen MR) is 122 cm³/mol. The Morgan fingerprint density at radius 3 is 1.54 bits per heavy atom. The maximum absolute atomic E-state index is 15.3. The third kappa shape index (κ3) is 3.35. The zero-order valence-electron chi connectivity index (χ0n) is 19.3. The molecule has 2 nitrogen and oxygen atoms in total. The average Bonchev–Trinajstić information content (AvgIpc) is 2.94. The zero-order chi connectivity index (χ0) is 29.8.